The molecule has 1 N–H and O–H groups in total. The lowest BCUT2D eigenvalue weighted by atomic mass is 9.98. The van der Waals surface area contributed by atoms with Gasteiger partial charge in [-0.2, -0.15) is 12.6 Å². The van der Waals surface area contributed by atoms with E-state index in [-0.39, 0.29) is 23.2 Å². The van der Waals surface area contributed by atoms with Crippen molar-refractivity contribution in [3.05, 3.63) is 74.8 Å². The van der Waals surface area contributed by atoms with E-state index in [0.717, 1.165) is 37.2 Å². The SMILES string of the molecule is O=C1CCC(N2Cc3c(CN4CC=C(c5cccc(Cl)c5Cl)CC4)cccc3C2S)C(=O)N1. The summed E-state index contributed by atoms with van der Waals surface area (Å²) in [6.45, 7) is 3.27. The van der Waals surface area contributed by atoms with Crippen molar-refractivity contribution in [2.24, 2.45) is 0 Å². The van der Waals surface area contributed by atoms with Crippen LogP contribution in [0.15, 0.2) is 42.5 Å². The van der Waals surface area contributed by atoms with Gasteiger partial charge in [-0.3, -0.25) is 24.7 Å². The summed E-state index contributed by atoms with van der Waals surface area (Å²) < 4.78 is 0. The van der Waals surface area contributed by atoms with Crippen molar-refractivity contribution in [2.75, 3.05) is 13.1 Å². The van der Waals surface area contributed by atoms with Crippen LogP contribution < -0.4 is 5.32 Å². The first-order valence-electron chi connectivity index (χ1n) is 11.2. The normalized spacial score (nSPS) is 23.9. The third-order valence-corrected chi connectivity index (χ3v) is 8.23. The van der Waals surface area contributed by atoms with Crippen LogP contribution in [0.5, 0.6) is 0 Å². The molecule has 0 aromatic heterocycles. The molecule has 3 heterocycles. The molecular weight excluding hydrogens is 477 g/mol. The number of amides is 2. The number of fused-ring (bicyclic) bond motifs is 1. The number of hydrogen-bond donors (Lipinski definition) is 2. The Morgan fingerprint density at radius 1 is 1.09 bits per heavy atom. The number of hydrogen-bond acceptors (Lipinski definition) is 5. The molecule has 1 saturated heterocycles. The Morgan fingerprint density at radius 2 is 1.91 bits per heavy atom. The maximum absolute atomic E-state index is 12.4. The quantitative estimate of drug-likeness (QED) is 0.465. The molecule has 0 aliphatic carbocycles. The first-order chi connectivity index (χ1) is 15.9. The fourth-order valence-corrected chi connectivity index (χ4v) is 5.96. The van der Waals surface area contributed by atoms with E-state index in [9.17, 15) is 9.59 Å². The molecule has 2 unspecified atom stereocenters. The minimum Gasteiger partial charge on any atom is -0.295 e. The number of piperidine rings is 1. The molecule has 5 rings (SSSR count). The average Bonchev–Trinajstić information content (AvgIpc) is 3.14. The Morgan fingerprint density at radius 3 is 2.67 bits per heavy atom. The minimum atomic E-state index is -0.326. The van der Waals surface area contributed by atoms with Crippen LogP contribution in [-0.4, -0.2) is 40.7 Å². The molecule has 0 bridgehead atoms. The standard InChI is InChI=1S/C25H25Cl2N3O2S/c26-20-6-2-4-17(23(20)27)15-9-11-29(12-10-15)13-16-3-1-5-18-19(16)14-30(25(18)33)21-7-8-22(31)28-24(21)32/h1-6,9,21,25,33H,7-8,10-14H2,(H,28,31,32). The molecule has 2 aromatic carbocycles. The monoisotopic (exact) mass is 501 g/mol. The van der Waals surface area contributed by atoms with Gasteiger partial charge >= 0.3 is 0 Å². The lowest BCUT2D eigenvalue weighted by Gasteiger charge is -2.32. The molecule has 0 spiro atoms. The Kier molecular flexibility index (Phi) is 6.56. The largest absolute Gasteiger partial charge is 0.295 e. The van der Waals surface area contributed by atoms with E-state index in [1.165, 1.54) is 16.7 Å². The first kappa shape index (κ1) is 22.9. The maximum atomic E-state index is 12.4. The van der Waals surface area contributed by atoms with Crippen LogP contribution >= 0.6 is 35.8 Å². The van der Waals surface area contributed by atoms with Gasteiger partial charge in [0.1, 0.15) is 0 Å². The number of imide groups is 1. The molecule has 3 aliphatic heterocycles. The van der Waals surface area contributed by atoms with Crippen molar-refractivity contribution in [1.82, 2.24) is 15.1 Å². The van der Waals surface area contributed by atoms with E-state index < -0.39 is 0 Å². The number of halogens is 2. The van der Waals surface area contributed by atoms with Crippen LogP contribution in [0.25, 0.3) is 5.57 Å². The summed E-state index contributed by atoms with van der Waals surface area (Å²) in [5.41, 5.74) is 5.91. The minimum absolute atomic E-state index is 0.151. The van der Waals surface area contributed by atoms with Gasteiger partial charge in [0.15, 0.2) is 0 Å². The molecule has 2 atom stereocenters. The second kappa shape index (κ2) is 9.43. The van der Waals surface area contributed by atoms with E-state index in [1.807, 2.05) is 18.2 Å². The van der Waals surface area contributed by atoms with Gasteiger partial charge in [-0.05, 0) is 46.7 Å². The number of carbonyl (C=O) groups is 2. The maximum Gasteiger partial charge on any atom is 0.243 e. The predicted molar refractivity (Wildman–Crippen MR) is 134 cm³/mol. The van der Waals surface area contributed by atoms with Crippen LogP contribution in [0.1, 0.15) is 46.9 Å². The molecule has 2 amide bonds. The van der Waals surface area contributed by atoms with Crippen molar-refractivity contribution in [2.45, 2.75) is 43.8 Å². The molecule has 0 radical (unpaired) electrons. The van der Waals surface area contributed by atoms with Gasteiger partial charge in [0.05, 0.1) is 21.5 Å². The second-order valence-corrected chi connectivity index (χ2v) is 10.1. The van der Waals surface area contributed by atoms with Crippen molar-refractivity contribution in [1.29, 1.82) is 0 Å². The van der Waals surface area contributed by atoms with Crippen molar-refractivity contribution in [3.63, 3.8) is 0 Å². The van der Waals surface area contributed by atoms with E-state index in [0.29, 0.717) is 29.4 Å². The van der Waals surface area contributed by atoms with Crippen LogP contribution in [0.4, 0.5) is 0 Å². The van der Waals surface area contributed by atoms with Crippen LogP contribution in [0.3, 0.4) is 0 Å². The number of benzene rings is 2. The summed E-state index contributed by atoms with van der Waals surface area (Å²) in [6, 6.07) is 11.8. The molecule has 33 heavy (non-hydrogen) atoms. The summed E-state index contributed by atoms with van der Waals surface area (Å²) >= 11 is 17.5. The highest BCUT2D eigenvalue weighted by molar-refractivity contribution is 7.80. The van der Waals surface area contributed by atoms with Gasteiger partial charge in [-0.15, -0.1) is 0 Å². The number of rotatable bonds is 4. The van der Waals surface area contributed by atoms with Gasteiger partial charge in [-0.1, -0.05) is 59.6 Å². The highest BCUT2D eigenvalue weighted by Gasteiger charge is 2.39. The Hall–Kier alpha value is -1.83. The fourth-order valence-electron chi connectivity index (χ4n) is 5.06. The zero-order chi connectivity index (χ0) is 23.1. The fraction of sp³-hybridized carbons (Fsp3) is 0.360. The van der Waals surface area contributed by atoms with Crippen LogP contribution in [0.2, 0.25) is 10.0 Å². The average molecular weight is 502 g/mol. The van der Waals surface area contributed by atoms with Gasteiger partial charge in [0.2, 0.25) is 11.8 Å². The van der Waals surface area contributed by atoms with Gasteiger partial charge in [-0.25, -0.2) is 0 Å². The number of carbonyl (C=O) groups excluding carboxylic acids is 2. The Balaban J connectivity index is 1.30. The summed E-state index contributed by atoms with van der Waals surface area (Å²) in [7, 11) is 0. The highest BCUT2D eigenvalue weighted by atomic mass is 35.5. The lowest BCUT2D eigenvalue weighted by molar-refractivity contribution is -0.137. The third-order valence-electron chi connectivity index (χ3n) is 6.84. The van der Waals surface area contributed by atoms with Gasteiger partial charge in [0, 0.05) is 32.6 Å². The van der Waals surface area contributed by atoms with Crippen LogP contribution in [0, 0.1) is 0 Å². The zero-order valence-electron chi connectivity index (χ0n) is 18.1. The molecule has 1 fully saturated rings. The number of thiol groups is 1. The topological polar surface area (TPSA) is 52.7 Å². The van der Waals surface area contributed by atoms with Crippen molar-refractivity contribution in [3.8, 4) is 0 Å². The predicted octanol–water partition coefficient (Wildman–Crippen LogP) is 4.83. The summed E-state index contributed by atoms with van der Waals surface area (Å²) in [5.74, 6) is -0.408. The molecule has 0 saturated carbocycles. The third kappa shape index (κ3) is 4.47. The van der Waals surface area contributed by atoms with E-state index in [1.54, 1.807) is 0 Å². The van der Waals surface area contributed by atoms with Crippen molar-refractivity contribution >= 4 is 53.2 Å². The van der Waals surface area contributed by atoms with Gasteiger partial charge in [0.25, 0.3) is 0 Å². The number of nitrogens with one attached hydrogen (secondary N) is 1. The van der Waals surface area contributed by atoms with E-state index in [4.69, 9.17) is 35.8 Å². The van der Waals surface area contributed by atoms with E-state index >= 15 is 0 Å². The van der Waals surface area contributed by atoms with Crippen molar-refractivity contribution < 1.29 is 9.59 Å². The highest BCUT2D eigenvalue weighted by Crippen LogP contribution is 2.41. The summed E-state index contributed by atoms with van der Waals surface area (Å²) in [4.78, 5) is 28.5. The molecule has 3 aliphatic rings. The summed E-state index contributed by atoms with van der Waals surface area (Å²) in [6.07, 6.45) is 4.06. The van der Waals surface area contributed by atoms with Crippen LogP contribution in [-0.2, 0) is 22.7 Å². The summed E-state index contributed by atoms with van der Waals surface area (Å²) in [5, 5.41) is 3.52. The smallest absolute Gasteiger partial charge is 0.243 e. The number of nitrogens with zero attached hydrogens (tertiary/aromatic N) is 2. The molecule has 2 aromatic rings. The van der Waals surface area contributed by atoms with Gasteiger partial charge < -0.3 is 0 Å². The van der Waals surface area contributed by atoms with E-state index in [2.05, 4.69) is 39.4 Å². The molecule has 172 valence electrons. The Labute approximate surface area is 209 Å². The molecule has 5 nitrogen and oxygen atoms in total. The second-order valence-electron chi connectivity index (χ2n) is 8.81. The zero-order valence-corrected chi connectivity index (χ0v) is 20.5. The Bertz CT molecular complexity index is 1150. The molecular formula is C25H25Cl2N3O2S. The first-order valence-corrected chi connectivity index (χ1v) is 12.4. The molecule has 8 heteroatoms. The lowest BCUT2D eigenvalue weighted by Crippen LogP contribution is -2.51.